The van der Waals surface area contributed by atoms with E-state index in [2.05, 4.69) is 50.2 Å². The number of hydrogen-bond acceptors (Lipinski definition) is 3. The maximum Gasteiger partial charge on any atom is 0.134 e. The van der Waals surface area contributed by atoms with Crippen LogP contribution in [0.3, 0.4) is 0 Å². The highest BCUT2D eigenvalue weighted by atomic mass is 16.5. The Kier molecular flexibility index (Phi) is 4.43. The van der Waals surface area contributed by atoms with Crippen LogP contribution >= 0.6 is 0 Å². The monoisotopic (exact) mass is 321 g/mol. The molecule has 3 nitrogen and oxygen atoms in total. The molecule has 0 bridgehead atoms. The molecule has 3 heteroatoms. The highest BCUT2D eigenvalue weighted by Crippen LogP contribution is 2.24. The molecule has 124 valence electrons. The van der Waals surface area contributed by atoms with Gasteiger partial charge in [-0.25, -0.2) is 0 Å². The number of aryl methyl sites for hydroxylation is 1. The summed E-state index contributed by atoms with van der Waals surface area (Å²) in [4.78, 5) is 0. The number of nitrogens with zero attached hydrogens (tertiary/aromatic N) is 1. The van der Waals surface area contributed by atoms with Crippen LogP contribution < -0.4 is 4.74 Å². The quantitative estimate of drug-likeness (QED) is 0.634. The molecule has 24 heavy (non-hydrogen) atoms. The fraction of sp³-hybridized carbons (Fsp3) is 0.286. The van der Waals surface area contributed by atoms with Gasteiger partial charge < -0.3 is 9.26 Å². The van der Waals surface area contributed by atoms with E-state index in [9.17, 15) is 0 Å². The van der Waals surface area contributed by atoms with Crippen molar-refractivity contribution in [1.29, 1.82) is 0 Å². The SMILES string of the molecule is Cc1cc(-c2ccc(OCc3ccc(C(C)(C)C)cc3)cc2)no1. The Hall–Kier alpha value is -2.55. The molecule has 0 saturated carbocycles. The lowest BCUT2D eigenvalue weighted by molar-refractivity contribution is 0.306. The normalized spacial score (nSPS) is 11.5. The maximum absolute atomic E-state index is 5.87. The molecule has 3 aromatic rings. The van der Waals surface area contributed by atoms with Crippen LogP contribution in [0, 0.1) is 6.92 Å². The highest BCUT2D eigenvalue weighted by Gasteiger charge is 2.12. The molecule has 1 aromatic heterocycles. The van der Waals surface area contributed by atoms with Crippen molar-refractivity contribution in [3.8, 4) is 17.0 Å². The Morgan fingerprint density at radius 1 is 0.958 bits per heavy atom. The van der Waals surface area contributed by atoms with Crippen LogP contribution in [0.5, 0.6) is 5.75 Å². The van der Waals surface area contributed by atoms with Crippen molar-refractivity contribution in [3.05, 3.63) is 71.5 Å². The van der Waals surface area contributed by atoms with Crippen LogP contribution in [0.15, 0.2) is 59.1 Å². The van der Waals surface area contributed by atoms with Crippen molar-refractivity contribution >= 4 is 0 Å². The van der Waals surface area contributed by atoms with Crippen molar-refractivity contribution in [1.82, 2.24) is 5.16 Å². The molecule has 1 heterocycles. The lowest BCUT2D eigenvalue weighted by atomic mass is 9.87. The Labute approximate surface area is 143 Å². The van der Waals surface area contributed by atoms with E-state index in [4.69, 9.17) is 9.26 Å². The minimum Gasteiger partial charge on any atom is -0.489 e. The number of benzene rings is 2. The van der Waals surface area contributed by atoms with E-state index in [-0.39, 0.29) is 5.41 Å². The van der Waals surface area contributed by atoms with Crippen molar-refractivity contribution < 1.29 is 9.26 Å². The minimum atomic E-state index is 0.175. The fourth-order valence-electron chi connectivity index (χ4n) is 2.49. The summed E-state index contributed by atoms with van der Waals surface area (Å²) in [5.74, 6) is 1.66. The van der Waals surface area contributed by atoms with E-state index in [1.54, 1.807) is 0 Å². The standard InChI is InChI=1S/C21H23NO2/c1-15-13-20(22-24-15)17-7-11-19(12-8-17)23-14-16-5-9-18(10-6-16)21(2,3)4/h5-13H,14H2,1-4H3. The van der Waals surface area contributed by atoms with Crippen LogP contribution in [0.1, 0.15) is 37.7 Å². The first-order valence-electron chi connectivity index (χ1n) is 8.18. The first-order chi connectivity index (χ1) is 11.4. The van der Waals surface area contributed by atoms with Gasteiger partial charge in [0.2, 0.25) is 0 Å². The van der Waals surface area contributed by atoms with Gasteiger partial charge in [-0.1, -0.05) is 50.2 Å². The summed E-state index contributed by atoms with van der Waals surface area (Å²) >= 11 is 0. The van der Waals surface area contributed by atoms with Crippen molar-refractivity contribution in [3.63, 3.8) is 0 Å². The van der Waals surface area contributed by atoms with Crippen LogP contribution in [0.2, 0.25) is 0 Å². The van der Waals surface area contributed by atoms with E-state index < -0.39 is 0 Å². The average molecular weight is 321 g/mol. The van der Waals surface area contributed by atoms with Gasteiger partial charge in [-0.15, -0.1) is 0 Å². The number of aromatic nitrogens is 1. The molecule has 0 aliphatic heterocycles. The van der Waals surface area contributed by atoms with Gasteiger partial charge in [-0.2, -0.15) is 0 Å². The van der Waals surface area contributed by atoms with Crippen LogP contribution in [0.4, 0.5) is 0 Å². The zero-order valence-electron chi connectivity index (χ0n) is 14.7. The third-order valence-corrected chi connectivity index (χ3v) is 4.00. The van der Waals surface area contributed by atoms with E-state index in [1.165, 1.54) is 11.1 Å². The molecule has 0 saturated heterocycles. The minimum absolute atomic E-state index is 0.175. The number of rotatable bonds is 4. The highest BCUT2D eigenvalue weighted by molar-refractivity contribution is 5.59. The zero-order valence-corrected chi connectivity index (χ0v) is 14.7. The van der Waals surface area contributed by atoms with Gasteiger partial charge in [0, 0.05) is 11.6 Å². The maximum atomic E-state index is 5.87. The van der Waals surface area contributed by atoms with Crippen LogP contribution in [-0.4, -0.2) is 5.16 Å². The molecule has 0 spiro atoms. The lowest BCUT2D eigenvalue weighted by Gasteiger charge is -2.19. The van der Waals surface area contributed by atoms with E-state index in [0.717, 1.165) is 22.8 Å². The topological polar surface area (TPSA) is 35.3 Å². The third kappa shape index (κ3) is 3.85. The molecular formula is C21H23NO2. The molecule has 0 amide bonds. The molecule has 0 atom stereocenters. The predicted molar refractivity (Wildman–Crippen MR) is 96.2 cm³/mol. The largest absolute Gasteiger partial charge is 0.489 e. The molecule has 2 aromatic carbocycles. The summed E-state index contributed by atoms with van der Waals surface area (Å²) in [6.45, 7) is 9.11. The van der Waals surface area contributed by atoms with Gasteiger partial charge in [0.25, 0.3) is 0 Å². The summed E-state index contributed by atoms with van der Waals surface area (Å²) in [6.07, 6.45) is 0. The summed E-state index contributed by atoms with van der Waals surface area (Å²) in [5.41, 5.74) is 4.54. The molecule has 0 aliphatic carbocycles. The molecule has 0 aliphatic rings. The summed E-state index contributed by atoms with van der Waals surface area (Å²) < 4.78 is 11.0. The molecule has 0 N–H and O–H groups in total. The zero-order chi connectivity index (χ0) is 17.2. The third-order valence-electron chi connectivity index (χ3n) is 4.00. The summed E-state index contributed by atoms with van der Waals surface area (Å²) in [5, 5.41) is 4.02. The first kappa shape index (κ1) is 16.3. The van der Waals surface area contributed by atoms with Gasteiger partial charge in [0.1, 0.15) is 23.8 Å². The Balaban J connectivity index is 1.62. The van der Waals surface area contributed by atoms with Gasteiger partial charge in [-0.3, -0.25) is 0 Å². The second kappa shape index (κ2) is 6.52. The lowest BCUT2D eigenvalue weighted by Crippen LogP contribution is -2.10. The van der Waals surface area contributed by atoms with Gasteiger partial charge in [0.15, 0.2) is 0 Å². The Bertz CT molecular complexity index is 793. The molecule has 3 rings (SSSR count). The average Bonchev–Trinajstić information content (AvgIpc) is 2.99. The van der Waals surface area contributed by atoms with Gasteiger partial charge in [-0.05, 0) is 47.7 Å². The summed E-state index contributed by atoms with van der Waals surface area (Å²) in [6, 6.07) is 18.5. The number of hydrogen-bond donors (Lipinski definition) is 0. The van der Waals surface area contributed by atoms with Crippen LogP contribution in [-0.2, 0) is 12.0 Å². The second-order valence-electron chi connectivity index (χ2n) is 7.08. The molecule has 0 unspecified atom stereocenters. The van der Waals surface area contributed by atoms with Crippen molar-refractivity contribution in [2.45, 2.75) is 39.7 Å². The Morgan fingerprint density at radius 3 is 2.17 bits per heavy atom. The van der Waals surface area contributed by atoms with E-state index >= 15 is 0 Å². The van der Waals surface area contributed by atoms with Crippen molar-refractivity contribution in [2.24, 2.45) is 0 Å². The van der Waals surface area contributed by atoms with Gasteiger partial charge in [0.05, 0.1) is 0 Å². The number of ether oxygens (including phenoxy) is 1. The second-order valence-corrected chi connectivity index (χ2v) is 7.08. The smallest absolute Gasteiger partial charge is 0.134 e. The summed E-state index contributed by atoms with van der Waals surface area (Å²) in [7, 11) is 0. The Morgan fingerprint density at radius 2 is 1.62 bits per heavy atom. The first-order valence-corrected chi connectivity index (χ1v) is 8.18. The van der Waals surface area contributed by atoms with Crippen molar-refractivity contribution in [2.75, 3.05) is 0 Å². The molecule has 0 fully saturated rings. The van der Waals surface area contributed by atoms with E-state index in [0.29, 0.717) is 6.61 Å². The predicted octanol–water partition coefficient (Wildman–Crippen LogP) is 5.53. The van der Waals surface area contributed by atoms with Crippen LogP contribution in [0.25, 0.3) is 11.3 Å². The van der Waals surface area contributed by atoms with Gasteiger partial charge >= 0.3 is 0 Å². The van der Waals surface area contributed by atoms with E-state index in [1.807, 2.05) is 37.3 Å². The molecular weight excluding hydrogens is 298 g/mol. The molecule has 0 radical (unpaired) electrons. The fourth-order valence-corrected chi connectivity index (χ4v) is 2.49.